The van der Waals surface area contributed by atoms with Gasteiger partial charge in [-0.3, -0.25) is 4.79 Å². The zero-order valence-corrected chi connectivity index (χ0v) is 13.7. The quantitative estimate of drug-likeness (QED) is 0.764. The predicted octanol–water partition coefficient (Wildman–Crippen LogP) is 0.187. The number of hydrogen-bond acceptors (Lipinski definition) is 5. The molecular formula is C13H18ClN3O4S. The van der Waals surface area contributed by atoms with Crippen molar-refractivity contribution in [2.75, 3.05) is 26.7 Å². The normalized spacial score (nSPS) is 19.3. The molecule has 1 aromatic carbocycles. The minimum absolute atomic E-state index is 0.0436. The van der Waals surface area contributed by atoms with Crippen LogP contribution in [0.2, 0.25) is 5.02 Å². The number of carbonyl (C=O) groups excluding carboxylic acids is 1. The van der Waals surface area contributed by atoms with Crippen LogP contribution in [0.1, 0.15) is 6.42 Å². The molecule has 1 aliphatic rings. The molecule has 0 bridgehead atoms. The fourth-order valence-electron chi connectivity index (χ4n) is 2.27. The van der Waals surface area contributed by atoms with Gasteiger partial charge in [0.05, 0.1) is 0 Å². The Hall–Kier alpha value is -1.35. The van der Waals surface area contributed by atoms with Gasteiger partial charge in [-0.05, 0) is 38.2 Å². The van der Waals surface area contributed by atoms with Crippen molar-refractivity contribution in [2.24, 2.45) is 5.73 Å². The highest BCUT2D eigenvalue weighted by molar-refractivity contribution is 7.89. The van der Waals surface area contributed by atoms with Crippen molar-refractivity contribution >= 4 is 27.5 Å². The number of carbonyl (C=O) groups is 1. The van der Waals surface area contributed by atoms with E-state index in [1.54, 1.807) is 0 Å². The highest BCUT2D eigenvalue weighted by Crippen LogP contribution is 2.28. The van der Waals surface area contributed by atoms with E-state index in [9.17, 15) is 13.2 Å². The van der Waals surface area contributed by atoms with E-state index in [-0.39, 0.29) is 21.7 Å². The zero-order valence-electron chi connectivity index (χ0n) is 12.1. The molecule has 0 radical (unpaired) electrons. The number of nitrogens with one attached hydrogen (secondary N) is 1. The van der Waals surface area contributed by atoms with E-state index < -0.39 is 22.5 Å². The Kier molecular flexibility index (Phi) is 5.28. The highest BCUT2D eigenvalue weighted by atomic mass is 35.5. The van der Waals surface area contributed by atoms with Gasteiger partial charge in [-0.15, -0.1) is 0 Å². The van der Waals surface area contributed by atoms with Crippen LogP contribution in [-0.2, 0) is 14.8 Å². The lowest BCUT2D eigenvalue weighted by Crippen LogP contribution is -2.36. The number of rotatable bonds is 6. The summed E-state index contributed by atoms with van der Waals surface area (Å²) in [6.45, 7) is 1.06. The third-order valence-corrected chi connectivity index (χ3v) is 5.06. The van der Waals surface area contributed by atoms with Gasteiger partial charge >= 0.3 is 0 Å². The molecule has 1 unspecified atom stereocenters. The Morgan fingerprint density at radius 3 is 2.86 bits per heavy atom. The molecule has 22 heavy (non-hydrogen) atoms. The number of primary amides is 1. The Morgan fingerprint density at radius 1 is 1.55 bits per heavy atom. The molecule has 0 aromatic heterocycles. The molecule has 7 nitrogen and oxygen atoms in total. The summed E-state index contributed by atoms with van der Waals surface area (Å²) >= 11 is 5.88. The third kappa shape index (κ3) is 4.33. The molecule has 1 atom stereocenters. The van der Waals surface area contributed by atoms with Gasteiger partial charge in [-0.2, -0.15) is 0 Å². The number of benzene rings is 1. The summed E-state index contributed by atoms with van der Waals surface area (Å²) in [6.07, 6.45) is 0.730. The van der Waals surface area contributed by atoms with Crippen LogP contribution in [0.25, 0.3) is 0 Å². The van der Waals surface area contributed by atoms with Crippen molar-refractivity contribution in [1.29, 1.82) is 0 Å². The molecule has 1 heterocycles. The maximum atomic E-state index is 12.5. The Labute approximate surface area is 134 Å². The van der Waals surface area contributed by atoms with E-state index in [1.807, 2.05) is 11.9 Å². The van der Waals surface area contributed by atoms with Gasteiger partial charge in [0.1, 0.15) is 10.6 Å². The number of likely N-dealkylation sites (tertiary alicyclic amines) is 1. The van der Waals surface area contributed by atoms with Gasteiger partial charge < -0.3 is 15.4 Å². The summed E-state index contributed by atoms with van der Waals surface area (Å²) in [7, 11) is -1.88. The predicted molar refractivity (Wildman–Crippen MR) is 82.4 cm³/mol. The minimum atomic E-state index is -3.81. The van der Waals surface area contributed by atoms with E-state index >= 15 is 0 Å². The topological polar surface area (TPSA) is 102 Å². The summed E-state index contributed by atoms with van der Waals surface area (Å²) in [6, 6.07) is 4.01. The van der Waals surface area contributed by atoms with Crippen LogP contribution in [0.5, 0.6) is 5.75 Å². The first-order valence-electron chi connectivity index (χ1n) is 6.69. The van der Waals surface area contributed by atoms with E-state index in [0.29, 0.717) is 6.54 Å². The fraction of sp³-hybridized carbons (Fsp3) is 0.462. The van der Waals surface area contributed by atoms with Crippen LogP contribution >= 0.6 is 11.6 Å². The average molecular weight is 348 g/mol. The van der Waals surface area contributed by atoms with Crippen molar-refractivity contribution in [2.45, 2.75) is 17.4 Å². The Morgan fingerprint density at radius 2 is 2.27 bits per heavy atom. The second-order valence-electron chi connectivity index (χ2n) is 5.22. The van der Waals surface area contributed by atoms with E-state index in [4.69, 9.17) is 22.1 Å². The van der Waals surface area contributed by atoms with Gasteiger partial charge in [-0.1, -0.05) is 11.6 Å². The molecule has 1 fully saturated rings. The van der Waals surface area contributed by atoms with Crippen molar-refractivity contribution < 1.29 is 17.9 Å². The molecule has 1 aliphatic heterocycles. The summed E-state index contributed by atoms with van der Waals surface area (Å²) in [5.41, 5.74) is 5.02. The van der Waals surface area contributed by atoms with Gasteiger partial charge in [0.25, 0.3) is 5.91 Å². The molecule has 0 spiro atoms. The number of nitrogens with two attached hydrogens (primary N) is 1. The largest absolute Gasteiger partial charge is 0.482 e. The summed E-state index contributed by atoms with van der Waals surface area (Å²) in [5, 5.41) is 0.260. The number of hydrogen-bond donors (Lipinski definition) is 2. The molecule has 0 aliphatic carbocycles. The molecule has 3 N–H and O–H groups in total. The first-order valence-corrected chi connectivity index (χ1v) is 8.55. The van der Waals surface area contributed by atoms with E-state index in [1.165, 1.54) is 18.2 Å². The van der Waals surface area contributed by atoms with Crippen LogP contribution in [0.4, 0.5) is 0 Å². The first kappa shape index (κ1) is 17.0. The standard InChI is InChI=1S/C13H18ClN3O4S/c1-17-5-4-10(7-17)16-22(19,20)12-6-9(14)2-3-11(12)21-8-13(15)18/h2-3,6,10,16H,4-5,7-8H2,1H3,(H2,15,18). The molecular weight excluding hydrogens is 330 g/mol. The second kappa shape index (κ2) is 6.82. The summed E-state index contributed by atoms with van der Waals surface area (Å²) < 4.78 is 32.9. The maximum absolute atomic E-state index is 12.5. The van der Waals surface area contributed by atoms with E-state index in [0.717, 1.165) is 13.0 Å². The Bertz CT molecular complexity index is 665. The van der Waals surface area contributed by atoms with Gasteiger partial charge in [0, 0.05) is 17.6 Å². The SMILES string of the molecule is CN1CCC(NS(=O)(=O)c2cc(Cl)ccc2OCC(N)=O)C1. The van der Waals surface area contributed by atoms with E-state index in [2.05, 4.69) is 4.72 Å². The molecule has 1 saturated heterocycles. The minimum Gasteiger partial charge on any atom is -0.482 e. The van der Waals surface area contributed by atoms with Crippen LogP contribution < -0.4 is 15.2 Å². The van der Waals surface area contributed by atoms with Gasteiger partial charge in [-0.25, -0.2) is 13.1 Å². The first-order chi connectivity index (χ1) is 10.3. The highest BCUT2D eigenvalue weighted by Gasteiger charge is 2.28. The lowest BCUT2D eigenvalue weighted by molar-refractivity contribution is -0.120. The van der Waals surface area contributed by atoms with Gasteiger partial charge in [0.15, 0.2) is 6.61 Å². The average Bonchev–Trinajstić information content (AvgIpc) is 2.81. The molecule has 122 valence electrons. The Balaban J connectivity index is 2.24. The number of halogens is 1. The number of likely N-dealkylation sites (N-methyl/N-ethyl adjacent to an activating group) is 1. The molecule has 1 amide bonds. The molecule has 2 rings (SSSR count). The third-order valence-electron chi connectivity index (χ3n) is 3.28. The monoisotopic (exact) mass is 347 g/mol. The van der Waals surface area contributed by atoms with Crippen LogP contribution in [0.15, 0.2) is 23.1 Å². The smallest absolute Gasteiger partial charge is 0.255 e. The van der Waals surface area contributed by atoms with Crippen LogP contribution in [0, 0.1) is 0 Å². The molecule has 9 heteroatoms. The van der Waals surface area contributed by atoms with Crippen molar-refractivity contribution in [1.82, 2.24) is 9.62 Å². The lowest BCUT2D eigenvalue weighted by atomic mass is 10.3. The fourth-order valence-corrected chi connectivity index (χ4v) is 3.94. The number of sulfonamides is 1. The maximum Gasteiger partial charge on any atom is 0.255 e. The van der Waals surface area contributed by atoms with Crippen molar-refractivity contribution in [3.05, 3.63) is 23.2 Å². The van der Waals surface area contributed by atoms with Gasteiger partial charge in [0.2, 0.25) is 10.0 Å². The summed E-state index contributed by atoms with van der Waals surface area (Å²) in [5.74, 6) is -0.647. The van der Waals surface area contributed by atoms with Crippen molar-refractivity contribution in [3.8, 4) is 5.75 Å². The second-order valence-corrected chi connectivity index (χ2v) is 7.33. The molecule has 0 saturated carbocycles. The zero-order chi connectivity index (χ0) is 16.3. The number of ether oxygens (including phenoxy) is 1. The molecule has 1 aromatic rings. The van der Waals surface area contributed by atoms with Crippen LogP contribution in [0.3, 0.4) is 0 Å². The lowest BCUT2D eigenvalue weighted by Gasteiger charge is -2.16. The number of amides is 1. The van der Waals surface area contributed by atoms with Crippen LogP contribution in [-0.4, -0.2) is 52.0 Å². The summed E-state index contributed by atoms with van der Waals surface area (Å²) in [4.78, 5) is 12.8. The number of nitrogens with zero attached hydrogens (tertiary/aromatic N) is 1. The van der Waals surface area contributed by atoms with Crippen molar-refractivity contribution in [3.63, 3.8) is 0 Å².